The van der Waals surface area contributed by atoms with Crippen LogP contribution in [0.2, 0.25) is 0 Å². The summed E-state index contributed by atoms with van der Waals surface area (Å²) in [5, 5.41) is 3.01. The van der Waals surface area contributed by atoms with E-state index in [9.17, 15) is 22.8 Å². The molecule has 0 radical (unpaired) electrons. The van der Waals surface area contributed by atoms with E-state index in [1.807, 2.05) is 38.1 Å². The SMILES string of the molecule is CCOc1cc(O[C@@H]2C[C@H]3C(=O)N[C@]4(C(=O)NS(=O)(=O)C5CC5)C[C@H]4/C=C\CCCCO[C@H](C)C(=O)N3C2)c2ccc(OC)c(C)c2n1. The molecular formula is C34H44N4O9S. The fourth-order valence-electron chi connectivity index (χ4n) is 6.61. The molecule has 1 saturated heterocycles. The van der Waals surface area contributed by atoms with E-state index < -0.39 is 50.9 Å². The zero-order valence-corrected chi connectivity index (χ0v) is 28.6. The number of fused-ring (bicyclic) bond motifs is 3. The summed E-state index contributed by atoms with van der Waals surface area (Å²) in [6.07, 6.45) is 6.06. The fourth-order valence-corrected chi connectivity index (χ4v) is 7.97. The molecule has 3 amide bonds. The molecule has 1 aromatic carbocycles. The van der Waals surface area contributed by atoms with Crippen molar-refractivity contribution in [2.75, 3.05) is 26.9 Å². The Morgan fingerprint density at radius 3 is 2.73 bits per heavy atom. The second-order valence-electron chi connectivity index (χ2n) is 13.0. The van der Waals surface area contributed by atoms with Gasteiger partial charge in [-0.05, 0) is 71.4 Å². The Morgan fingerprint density at radius 2 is 2.00 bits per heavy atom. The molecule has 5 atom stereocenters. The Kier molecular flexibility index (Phi) is 9.58. The topological polar surface area (TPSA) is 162 Å². The van der Waals surface area contributed by atoms with E-state index in [2.05, 4.69) is 15.0 Å². The summed E-state index contributed by atoms with van der Waals surface area (Å²) in [4.78, 5) is 47.6. The number of nitrogens with zero attached hydrogens (tertiary/aromatic N) is 2. The van der Waals surface area contributed by atoms with Gasteiger partial charge in [0.1, 0.15) is 35.3 Å². The smallest absolute Gasteiger partial charge is 0.259 e. The molecule has 2 aliphatic heterocycles. The number of benzene rings is 1. The molecule has 2 saturated carbocycles. The fraction of sp³-hybridized carbons (Fsp3) is 0.588. The maximum absolute atomic E-state index is 14.1. The van der Waals surface area contributed by atoms with Crippen LogP contribution in [-0.2, 0) is 29.1 Å². The number of carbonyl (C=O) groups excluding carboxylic acids is 3. The Hall–Kier alpha value is -3.91. The first kappa shape index (κ1) is 34.0. The molecule has 6 rings (SSSR count). The highest BCUT2D eigenvalue weighted by molar-refractivity contribution is 7.91. The van der Waals surface area contributed by atoms with Gasteiger partial charge in [-0.2, -0.15) is 0 Å². The summed E-state index contributed by atoms with van der Waals surface area (Å²) < 4.78 is 51.3. The monoisotopic (exact) mass is 684 g/mol. The van der Waals surface area contributed by atoms with Gasteiger partial charge in [0.15, 0.2) is 0 Å². The number of sulfonamides is 1. The second kappa shape index (κ2) is 13.5. The van der Waals surface area contributed by atoms with Gasteiger partial charge in [-0.15, -0.1) is 0 Å². The van der Waals surface area contributed by atoms with Gasteiger partial charge in [0.2, 0.25) is 21.8 Å². The number of amides is 3. The summed E-state index contributed by atoms with van der Waals surface area (Å²) in [5.74, 6) is -0.551. The number of carbonyl (C=O) groups is 3. The zero-order chi connectivity index (χ0) is 34.2. The molecule has 0 bridgehead atoms. The van der Waals surface area contributed by atoms with E-state index in [-0.39, 0.29) is 31.2 Å². The summed E-state index contributed by atoms with van der Waals surface area (Å²) in [7, 11) is -2.25. The minimum atomic E-state index is -3.84. The van der Waals surface area contributed by atoms with Crippen molar-refractivity contribution < 1.29 is 41.7 Å². The van der Waals surface area contributed by atoms with Gasteiger partial charge in [0, 0.05) is 36.0 Å². The lowest BCUT2D eigenvalue weighted by Crippen LogP contribution is -2.57. The predicted octanol–water partition coefficient (Wildman–Crippen LogP) is 2.93. The average molecular weight is 685 g/mol. The number of aryl methyl sites for hydroxylation is 1. The second-order valence-corrected chi connectivity index (χ2v) is 15.0. The predicted molar refractivity (Wildman–Crippen MR) is 176 cm³/mol. The molecule has 3 fully saturated rings. The molecule has 2 aromatic rings. The van der Waals surface area contributed by atoms with Crippen LogP contribution >= 0.6 is 0 Å². The van der Waals surface area contributed by atoms with Gasteiger partial charge in [-0.3, -0.25) is 19.1 Å². The average Bonchev–Trinajstić information content (AvgIpc) is 3.98. The number of pyridine rings is 1. The highest BCUT2D eigenvalue weighted by atomic mass is 32.2. The minimum absolute atomic E-state index is 0.0894. The van der Waals surface area contributed by atoms with Crippen LogP contribution in [0.5, 0.6) is 17.4 Å². The molecule has 3 heterocycles. The van der Waals surface area contributed by atoms with Crippen molar-refractivity contribution in [1.29, 1.82) is 0 Å². The molecule has 0 spiro atoms. The van der Waals surface area contributed by atoms with Crippen molar-refractivity contribution in [3.05, 3.63) is 35.9 Å². The third kappa shape index (κ3) is 6.82. The molecule has 0 unspecified atom stereocenters. The maximum Gasteiger partial charge on any atom is 0.259 e. The van der Waals surface area contributed by atoms with Crippen LogP contribution in [0.25, 0.3) is 10.9 Å². The first-order valence-corrected chi connectivity index (χ1v) is 18.3. The first-order chi connectivity index (χ1) is 23.0. The van der Waals surface area contributed by atoms with Crippen LogP contribution in [0.1, 0.15) is 64.4 Å². The summed E-state index contributed by atoms with van der Waals surface area (Å²) in [5.41, 5.74) is 0.0118. The number of hydrogen-bond donors (Lipinski definition) is 2. The van der Waals surface area contributed by atoms with E-state index >= 15 is 0 Å². The van der Waals surface area contributed by atoms with Gasteiger partial charge >= 0.3 is 0 Å². The Balaban J connectivity index is 1.30. The van der Waals surface area contributed by atoms with Crippen molar-refractivity contribution in [2.45, 2.75) is 94.8 Å². The van der Waals surface area contributed by atoms with Crippen molar-refractivity contribution in [3.8, 4) is 17.4 Å². The third-order valence-electron chi connectivity index (χ3n) is 9.59. The van der Waals surface area contributed by atoms with Gasteiger partial charge in [0.05, 0.1) is 31.0 Å². The number of aromatic nitrogens is 1. The van der Waals surface area contributed by atoms with Gasteiger partial charge < -0.3 is 29.2 Å². The summed E-state index contributed by atoms with van der Waals surface area (Å²) >= 11 is 0. The number of rotatable bonds is 8. The molecule has 14 heteroatoms. The molecule has 260 valence electrons. The van der Waals surface area contributed by atoms with Crippen molar-refractivity contribution in [2.24, 2.45) is 5.92 Å². The lowest BCUT2D eigenvalue weighted by atomic mass is 10.1. The molecule has 1 aromatic heterocycles. The number of ether oxygens (including phenoxy) is 4. The zero-order valence-electron chi connectivity index (χ0n) is 27.8. The minimum Gasteiger partial charge on any atom is -0.496 e. The van der Waals surface area contributed by atoms with Crippen molar-refractivity contribution in [1.82, 2.24) is 19.9 Å². The van der Waals surface area contributed by atoms with E-state index in [0.29, 0.717) is 54.3 Å². The molecule has 2 N–H and O–H groups in total. The standard InChI is InChI=1S/C34H44N4O9S/c1-5-45-29-17-28(25-13-14-27(44-4)20(2)30(25)35-29)47-23-16-26-31(39)36-34(33(41)37-48(42,43)24-11-12-24)18-22(34)10-8-6-7-9-15-46-21(3)32(40)38(26)19-23/h8,10,13-14,17,21-24,26H,5-7,9,11-12,15-16,18-19H2,1-4H3,(H,36,39)(H,37,41)/b10-8-/t21-,22-,23-,26+,34-/m1/s1. The van der Waals surface area contributed by atoms with Crippen LogP contribution in [0.4, 0.5) is 0 Å². The van der Waals surface area contributed by atoms with Crippen molar-refractivity contribution in [3.63, 3.8) is 0 Å². The molecular weight excluding hydrogens is 640 g/mol. The number of hydrogen-bond acceptors (Lipinski definition) is 10. The lowest BCUT2D eigenvalue weighted by Gasteiger charge is -2.28. The van der Waals surface area contributed by atoms with E-state index in [1.54, 1.807) is 20.1 Å². The lowest BCUT2D eigenvalue weighted by molar-refractivity contribution is -0.147. The molecule has 13 nitrogen and oxygen atoms in total. The summed E-state index contributed by atoms with van der Waals surface area (Å²) in [6.45, 7) is 6.28. The Morgan fingerprint density at radius 1 is 1.21 bits per heavy atom. The van der Waals surface area contributed by atoms with E-state index in [1.165, 1.54) is 4.90 Å². The van der Waals surface area contributed by atoms with Crippen LogP contribution in [-0.4, -0.2) is 91.9 Å². The normalized spacial score (nSPS) is 28.7. The van der Waals surface area contributed by atoms with Crippen LogP contribution in [0.3, 0.4) is 0 Å². The molecule has 2 aliphatic carbocycles. The number of nitrogens with one attached hydrogen (secondary N) is 2. The summed E-state index contributed by atoms with van der Waals surface area (Å²) in [6, 6.07) is 4.38. The highest BCUT2D eigenvalue weighted by Crippen LogP contribution is 2.46. The Bertz CT molecular complexity index is 1730. The van der Waals surface area contributed by atoms with E-state index in [0.717, 1.165) is 24.8 Å². The maximum atomic E-state index is 14.1. The number of allylic oxidation sites excluding steroid dienone is 1. The molecule has 48 heavy (non-hydrogen) atoms. The molecule has 4 aliphatic rings. The van der Waals surface area contributed by atoms with Crippen LogP contribution in [0, 0.1) is 12.8 Å². The Labute approximate surface area is 280 Å². The first-order valence-electron chi connectivity index (χ1n) is 16.7. The van der Waals surface area contributed by atoms with Gasteiger partial charge in [-0.1, -0.05) is 12.2 Å². The third-order valence-corrected chi connectivity index (χ3v) is 11.4. The van der Waals surface area contributed by atoms with Gasteiger partial charge in [-0.25, -0.2) is 13.4 Å². The van der Waals surface area contributed by atoms with Crippen molar-refractivity contribution >= 4 is 38.6 Å². The van der Waals surface area contributed by atoms with E-state index in [4.69, 9.17) is 18.9 Å². The van der Waals surface area contributed by atoms with Gasteiger partial charge in [0.25, 0.3) is 11.8 Å². The largest absolute Gasteiger partial charge is 0.496 e. The highest BCUT2D eigenvalue weighted by Gasteiger charge is 2.62. The quantitative estimate of drug-likeness (QED) is 0.396. The number of methoxy groups -OCH3 is 1. The van der Waals surface area contributed by atoms with Crippen LogP contribution < -0.4 is 24.2 Å². The van der Waals surface area contributed by atoms with Crippen LogP contribution in [0.15, 0.2) is 30.4 Å².